The number of carboxylic acid groups (broad SMARTS) is 1. The zero-order valence-electron chi connectivity index (χ0n) is 15.7. The van der Waals surface area contributed by atoms with Crippen LogP contribution in [-0.2, 0) is 17.9 Å². The average molecular weight is 363 g/mol. The van der Waals surface area contributed by atoms with E-state index in [9.17, 15) is 5.11 Å². The van der Waals surface area contributed by atoms with Gasteiger partial charge in [-0.15, -0.1) is 0 Å². The van der Waals surface area contributed by atoms with Crippen molar-refractivity contribution in [1.82, 2.24) is 14.9 Å². The van der Waals surface area contributed by atoms with Crippen molar-refractivity contribution in [2.24, 2.45) is 5.92 Å². The normalized spacial score (nSPS) is 10.5. The third kappa shape index (κ3) is 8.64. The smallest absolute Gasteiger partial charge is 0.290 e. The summed E-state index contributed by atoms with van der Waals surface area (Å²) in [5.74, 6) is 2.32. The first-order valence-corrected chi connectivity index (χ1v) is 8.61. The molecule has 0 radical (unpaired) electrons. The fraction of sp³-hybridized carbons (Fsp3) is 0.474. The molecule has 0 aliphatic carbocycles. The molecule has 26 heavy (non-hydrogen) atoms. The Balaban J connectivity index is 0.00000105. The van der Waals surface area contributed by atoms with Gasteiger partial charge in [0.15, 0.2) is 0 Å². The molecule has 2 rings (SSSR count). The highest BCUT2D eigenvalue weighted by Gasteiger charge is 2.09. The van der Waals surface area contributed by atoms with E-state index in [-0.39, 0.29) is 13.1 Å². The maximum absolute atomic E-state index is 9.31. The summed E-state index contributed by atoms with van der Waals surface area (Å²) >= 11 is 0. The molecule has 1 aromatic carbocycles. The largest absolute Gasteiger partial charge is 0.493 e. The van der Waals surface area contributed by atoms with E-state index in [2.05, 4.69) is 40.8 Å². The quantitative estimate of drug-likeness (QED) is 0.592. The number of aliphatic hydroxyl groups excluding tert-OH is 1. The lowest BCUT2D eigenvalue weighted by atomic mass is 10.2. The predicted octanol–water partition coefficient (Wildman–Crippen LogP) is 2.45. The second-order valence-electron chi connectivity index (χ2n) is 6.39. The summed E-state index contributed by atoms with van der Waals surface area (Å²) in [6.07, 6.45) is 1.85. The van der Waals surface area contributed by atoms with E-state index >= 15 is 0 Å². The summed E-state index contributed by atoms with van der Waals surface area (Å²) < 4.78 is 5.79. The molecule has 0 spiro atoms. The Kier molecular flexibility index (Phi) is 10.0. The van der Waals surface area contributed by atoms with Crippen molar-refractivity contribution in [3.63, 3.8) is 0 Å². The number of hydrogen-bond donors (Lipinski definition) is 3. The minimum atomic E-state index is -0.250. The van der Waals surface area contributed by atoms with Gasteiger partial charge in [0.2, 0.25) is 0 Å². The maximum Gasteiger partial charge on any atom is 0.290 e. The molecule has 0 unspecified atom stereocenters. The van der Waals surface area contributed by atoms with Crippen molar-refractivity contribution in [1.29, 1.82) is 0 Å². The number of rotatable bonds is 9. The van der Waals surface area contributed by atoms with Crippen molar-refractivity contribution in [3.8, 4) is 5.75 Å². The number of nitrogens with zero attached hydrogens (tertiary/aromatic N) is 2. The van der Waals surface area contributed by atoms with Crippen LogP contribution in [0.5, 0.6) is 5.75 Å². The van der Waals surface area contributed by atoms with Gasteiger partial charge in [-0.25, -0.2) is 4.98 Å². The summed E-state index contributed by atoms with van der Waals surface area (Å²) in [4.78, 5) is 18.0. The molecular formula is C19H29N3O4. The van der Waals surface area contributed by atoms with Crippen LogP contribution in [0, 0.1) is 12.8 Å². The highest BCUT2D eigenvalue weighted by Crippen LogP contribution is 2.16. The molecule has 1 heterocycles. The topological polar surface area (TPSA) is 98.7 Å². The molecule has 7 heteroatoms. The molecule has 1 aromatic heterocycles. The van der Waals surface area contributed by atoms with Crippen LogP contribution in [0.25, 0.3) is 0 Å². The van der Waals surface area contributed by atoms with E-state index in [4.69, 9.17) is 14.6 Å². The van der Waals surface area contributed by atoms with Crippen LogP contribution in [0.3, 0.4) is 0 Å². The molecular weight excluding hydrogens is 334 g/mol. The van der Waals surface area contributed by atoms with Gasteiger partial charge in [-0.2, -0.15) is 0 Å². The fourth-order valence-electron chi connectivity index (χ4n) is 2.40. The summed E-state index contributed by atoms with van der Waals surface area (Å²) in [5.41, 5.74) is 2.24. The van der Waals surface area contributed by atoms with Crippen molar-refractivity contribution in [2.75, 3.05) is 19.8 Å². The van der Waals surface area contributed by atoms with E-state index in [1.54, 1.807) is 0 Å². The van der Waals surface area contributed by atoms with Gasteiger partial charge in [0.25, 0.3) is 6.47 Å². The number of carbonyl (C=O) groups is 1. The SMILES string of the molecule is Cc1ncc(CN(CCO)Cc2cccc(OCC(C)C)c2)[nH]1.O=CO. The summed E-state index contributed by atoms with van der Waals surface area (Å²) in [6.45, 7) is 8.94. The Morgan fingerprint density at radius 2 is 2.08 bits per heavy atom. The molecule has 3 N–H and O–H groups in total. The molecule has 0 bridgehead atoms. The summed E-state index contributed by atoms with van der Waals surface area (Å²) in [5, 5.41) is 16.2. The van der Waals surface area contributed by atoms with Crippen LogP contribution in [0.2, 0.25) is 0 Å². The minimum Gasteiger partial charge on any atom is -0.493 e. The third-order valence-corrected chi connectivity index (χ3v) is 3.45. The number of hydrogen-bond acceptors (Lipinski definition) is 5. The van der Waals surface area contributed by atoms with Crippen molar-refractivity contribution >= 4 is 6.47 Å². The summed E-state index contributed by atoms with van der Waals surface area (Å²) in [7, 11) is 0. The van der Waals surface area contributed by atoms with Gasteiger partial charge in [0, 0.05) is 31.5 Å². The van der Waals surface area contributed by atoms with Crippen LogP contribution < -0.4 is 4.74 Å². The highest BCUT2D eigenvalue weighted by atomic mass is 16.5. The van der Waals surface area contributed by atoms with Crippen molar-refractivity contribution < 1.29 is 19.7 Å². The highest BCUT2D eigenvalue weighted by molar-refractivity contribution is 5.32. The first-order chi connectivity index (χ1) is 12.5. The first kappa shape index (κ1) is 21.7. The molecule has 7 nitrogen and oxygen atoms in total. The van der Waals surface area contributed by atoms with Crippen LogP contribution in [-0.4, -0.2) is 51.3 Å². The van der Waals surface area contributed by atoms with Gasteiger partial charge < -0.3 is 19.9 Å². The Bertz CT molecular complexity index is 643. The second-order valence-corrected chi connectivity index (χ2v) is 6.39. The van der Waals surface area contributed by atoms with E-state index in [1.807, 2.05) is 25.3 Å². The Morgan fingerprint density at radius 1 is 1.35 bits per heavy atom. The molecule has 0 aliphatic rings. The lowest BCUT2D eigenvalue weighted by molar-refractivity contribution is -0.122. The molecule has 0 aliphatic heterocycles. The zero-order chi connectivity index (χ0) is 19.4. The molecule has 144 valence electrons. The lowest BCUT2D eigenvalue weighted by Gasteiger charge is -2.21. The minimum absolute atomic E-state index is 0.136. The molecule has 0 saturated carbocycles. The van der Waals surface area contributed by atoms with Gasteiger partial charge in [0.05, 0.1) is 13.2 Å². The number of benzene rings is 1. The number of H-pyrrole nitrogens is 1. The summed E-state index contributed by atoms with van der Waals surface area (Å²) in [6, 6.07) is 8.17. The van der Waals surface area contributed by atoms with Crippen LogP contribution in [0.4, 0.5) is 0 Å². The van der Waals surface area contributed by atoms with Gasteiger partial charge >= 0.3 is 0 Å². The number of aryl methyl sites for hydroxylation is 1. The monoisotopic (exact) mass is 363 g/mol. The lowest BCUT2D eigenvalue weighted by Crippen LogP contribution is -2.26. The van der Waals surface area contributed by atoms with E-state index in [0.29, 0.717) is 12.5 Å². The molecule has 0 amide bonds. The van der Waals surface area contributed by atoms with Crippen LogP contribution in [0.15, 0.2) is 30.5 Å². The van der Waals surface area contributed by atoms with Crippen molar-refractivity contribution in [3.05, 3.63) is 47.5 Å². The molecule has 0 atom stereocenters. The molecule has 2 aromatic rings. The number of imidazole rings is 1. The van der Waals surface area contributed by atoms with E-state index in [0.717, 1.165) is 37.0 Å². The standard InChI is InChI=1S/C18H27N3O2.CH2O2/c1-14(2)13-23-18-6-4-5-16(9-18)11-21(7-8-22)12-17-10-19-15(3)20-17;2-1-3/h4-6,9-10,14,22H,7-8,11-13H2,1-3H3,(H,19,20);1H,(H,2,3). The number of ether oxygens (including phenoxy) is 1. The maximum atomic E-state index is 9.31. The number of aliphatic hydroxyl groups is 1. The van der Waals surface area contributed by atoms with E-state index < -0.39 is 0 Å². The molecule has 0 fully saturated rings. The van der Waals surface area contributed by atoms with E-state index in [1.165, 1.54) is 5.56 Å². The van der Waals surface area contributed by atoms with Gasteiger partial charge in [-0.05, 0) is 30.5 Å². The average Bonchev–Trinajstić information content (AvgIpc) is 2.99. The number of nitrogens with one attached hydrogen (secondary N) is 1. The van der Waals surface area contributed by atoms with Gasteiger partial charge in [0.1, 0.15) is 11.6 Å². The van der Waals surface area contributed by atoms with Gasteiger partial charge in [-0.3, -0.25) is 9.69 Å². The zero-order valence-corrected chi connectivity index (χ0v) is 15.7. The van der Waals surface area contributed by atoms with Crippen LogP contribution in [0.1, 0.15) is 30.9 Å². The van der Waals surface area contributed by atoms with Crippen LogP contribution >= 0.6 is 0 Å². The van der Waals surface area contributed by atoms with Gasteiger partial charge in [-0.1, -0.05) is 26.0 Å². The number of aromatic amines is 1. The Morgan fingerprint density at radius 3 is 2.65 bits per heavy atom. The molecule has 0 saturated heterocycles. The Hall–Kier alpha value is -2.38. The first-order valence-electron chi connectivity index (χ1n) is 8.61. The number of aromatic nitrogens is 2. The Labute approximate surface area is 154 Å². The predicted molar refractivity (Wildman–Crippen MR) is 100.0 cm³/mol. The van der Waals surface area contributed by atoms with Crippen molar-refractivity contribution in [2.45, 2.75) is 33.9 Å². The fourth-order valence-corrected chi connectivity index (χ4v) is 2.40. The third-order valence-electron chi connectivity index (χ3n) is 3.45. The second kappa shape index (κ2) is 12.1.